The molecule has 2 heterocycles. The largest absolute Gasteiger partial charge is 0.494 e. The van der Waals surface area contributed by atoms with E-state index in [1.54, 1.807) is 42.2 Å². The van der Waals surface area contributed by atoms with Crippen LogP contribution in [0.3, 0.4) is 0 Å². The maximum atomic E-state index is 13.7. The van der Waals surface area contributed by atoms with Crippen molar-refractivity contribution in [2.24, 2.45) is 19.8 Å². The van der Waals surface area contributed by atoms with E-state index in [1.165, 1.54) is 32.2 Å². The summed E-state index contributed by atoms with van der Waals surface area (Å²) in [6.45, 7) is 2.54. The zero-order valence-electron chi connectivity index (χ0n) is 38.1. The molecule has 4 rings (SSSR count). The summed E-state index contributed by atoms with van der Waals surface area (Å²) in [5.74, 6) is -5.60. The topological polar surface area (TPSA) is 397 Å². The van der Waals surface area contributed by atoms with E-state index < -0.39 is 103 Å². The number of esters is 1. The number of nitrogens with two attached hydrogens (primary N) is 1. The third-order valence-electron chi connectivity index (χ3n) is 10.0. The first-order chi connectivity index (χ1) is 32.2. The molecule has 4 amide bonds. The fourth-order valence-corrected chi connectivity index (χ4v) is 9.76. The number of anilines is 1. The van der Waals surface area contributed by atoms with Crippen LogP contribution in [0.2, 0.25) is 0 Å². The lowest BCUT2D eigenvalue weighted by Gasteiger charge is -2.28. The molecule has 0 spiro atoms. The van der Waals surface area contributed by atoms with Gasteiger partial charge in [-0.1, -0.05) is 6.07 Å². The van der Waals surface area contributed by atoms with E-state index in [4.69, 9.17) is 28.9 Å². The van der Waals surface area contributed by atoms with Gasteiger partial charge in [-0.15, -0.1) is 0 Å². The Morgan fingerprint density at radius 3 is 2.12 bits per heavy atom. The quantitative estimate of drug-likeness (QED) is 0.0316. The lowest BCUT2D eigenvalue weighted by Crippen LogP contribution is -2.55. The molecular formula is C40H58N10O16S3. The number of carbonyl (C=O) groups is 5. The molecule has 0 aliphatic carbocycles. The smallest absolute Gasteiger partial charge is 0.325 e. The normalized spacial score (nSPS) is 13.7. The highest BCUT2D eigenvalue weighted by molar-refractivity contribution is 8.19. The second-order valence-electron chi connectivity index (χ2n) is 15.7. The molecule has 0 radical (unpaired) electrons. The monoisotopic (exact) mass is 1030 g/mol. The molecule has 0 saturated carbocycles. The standard InChI is InChI=1S/C40H58N10O16S3/c1-23-15-26(66-14-6-7-33(51)42-10-11-43-38(55)31(22-68(60,61)62)47-37(54)29(41)21-67(57,58)59)16-24(2)35(23)69(63,64)48-30(39(56)65-5)19-45-36(53)28-20-50(4)32-17-25(8-9-27(32)34(28)52)18-46-40-44-12-13-49(40)3/h8-9,12-13,15-17,20,29-31,48,57-62H,6-7,10-11,14,18-19,21-22,41H2,1-5H3,(H,42,51)(H,43,55)(H,44,46)(H,45,53)(H,47,54)/t29-,30-,31-/m0/s1. The molecule has 0 bridgehead atoms. The number of benzene rings is 2. The fraction of sp³-hybridized carbons (Fsp3) is 0.425. The summed E-state index contributed by atoms with van der Waals surface area (Å²) >= 11 is 0. The number of rotatable bonds is 25. The molecular weight excluding hydrogens is 973 g/mol. The van der Waals surface area contributed by atoms with Crippen LogP contribution in [0.15, 0.2) is 58.6 Å². The predicted octanol–water partition coefficient (Wildman–Crippen LogP) is 0.402. The zero-order chi connectivity index (χ0) is 51.4. The van der Waals surface area contributed by atoms with E-state index >= 15 is 0 Å². The molecule has 382 valence electrons. The highest BCUT2D eigenvalue weighted by atomic mass is 32.3. The number of hydrogen-bond donors (Lipinski definition) is 13. The Bertz CT molecular complexity index is 2660. The second kappa shape index (κ2) is 24.1. The number of imidazole rings is 1. The number of nitrogens with one attached hydrogen (secondary N) is 6. The van der Waals surface area contributed by atoms with E-state index in [2.05, 4.69) is 31.0 Å². The predicted molar refractivity (Wildman–Crippen MR) is 255 cm³/mol. The average Bonchev–Trinajstić information content (AvgIpc) is 3.67. The van der Waals surface area contributed by atoms with Gasteiger partial charge in [0.2, 0.25) is 39.1 Å². The van der Waals surface area contributed by atoms with Crippen molar-refractivity contribution in [3.63, 3.8) is 0 Å². The van der Waals surface area contributed by atoms with Gasteiger partial charge >= 0.3 is 5.97 Å². The van der Waals surface area contributed by atoms with Gasteiger partial charge in [-0.05, 0) is 61.2 Å². The molecule has 14 N–H and O–H groups in total. The van der Waals surface area contributed by atoms with E-state index in [0.717, 1.165) is 12.7 Å². The maximum absolute atomic E-state index is 13.7. The van der Waals surface area contributed by atoms with Gasteiger partial charge in [-0.3, -0.25) is 28.8 Å². The first-order valence-corrected chi connectivity index (χ1v) is 25.6. The average molecular weight is 1030 g/mol. The molecule has 2 aromatic heterocycles. The van der Waals surface area contributed by atoms with Crippen LogP contribution < -0.4 is 47.2 Å². The van der Waals surface area contributed by atoms with Crippen molar-refractivity contribution in [1.82, 2.24) is 40.1 Å². The lowest BCUT2D eigenvalue weighted by atomic mass is 10.1. The van der Waals surface area contributed by atoms with Crippen LogP contribution in [0.25, 0.3) is 10.9 Å². The van der Waals surface area contributed by atoms with Crippen LogP contribution in [-0.2, 0) is 54.6 Å². The summed E-state index contributed by atoms with van der Waals surface area (Å²) in [6.07, 6.45) is 4.96. The molecule has 0 aliphatic rings. The number of hydrogen-bond acceptors (Lipinski definition) is 19. The Kier molecular flexibility index (Phi) is 19.5. The summed E-state index contributed by atoms with van der Waals surface area (Å²) in [6, 6.07) is 2.97. The number of nitrogens with zero attached hydrogens (tertiary/aromatic N) is 3. The summed E-state index contributed by atoms with van der Waals surface area (Å²) in [7, 11) is -8.38. The number of sulfonamides is 1. The Morgan fingerprint density at radius 2 is 1.51 bits per heavy atom. The molecule has 0 fully saturated rings. The Hall–Kier alpha value is -5.86. The van der Waals surface area contributed by atoms with Gasteiger partial charge in [0.15, 0.2) is 0 Å². The molecule has 4 aromatic rings. The lowest BCUT2D eigenvalue weighted by molar-refractivity contribution is -0.142. The van der Waals surface area contributed by atoms with Crippen molar-refractivity contribution in [3.8, 4) is 5.75 Å². The Morgan fingerprint density at radius 1 is 0.855 bits per heavy atom. The van der Waals surface area contributed by atoms with Crippen LogP contribution in [0.5, 0.6) is 5.75 Å². The SMILES string of the molecule is COC(=O)[C@H](CNC(=O)c1cn(C)c2cc(CNc3nccn3C)ccc2c1=O)NS(=O)(=O)c1c(C)cc(OCCCC(=O)NCCNC(=O)[C@H](CS(O)(O)O)NC(=O)[C@@H](N)CS(O)(O)O)cc1C. The molecule has 26 nitrogen and oxygen atoms in total. The van der Waals surface area contributed by atoms with E-state index in [9.17, 15) is 50.8 Å². The Labute approximate surface area is 399 Å². The van der Waals surface area contributed by atoms with Crippen molar-refractivity contribution < 1.29 is 69.2 Å². The van der Waals surface area contributed by atoms with Gasteiger partial charge in [0.1, 0.15) is 23.4 Å². The van der Waals surface area contributed by atoms with Crippen LogP contribution in [0, 0.1) is 13.8 Å². The van der Waals surface area contributed by atoms with E-state index in [-0.39, 0.29) is 65.3 Å². The maximum Gasteiger partial charge on any atom is 0.325 e. The number of carbonyl (C=O) groups excluding carboxylic acids is 5. The highest BCUT2D eigenvalue weighted by Crippen LogP contribution is 2.34. The molecule has 0 saturated heterocycles. The summed E-state index contributed by atoms with van der Waals surface area (Å²) in [5.41, 5.74) is 6.54. The fourth-order valence-electron chi connectivity index (χ4n) is 6.81. The van der Waals surface area contributed by atoms with Crippen molar-refractivity contribution in [2.45, 2.75) is 56.3 Å². The zero-order valence-corrected chi connectivity index (χ0v) is 40.6. The number of methoxy groups -OCH3 is 1. The van der Waals surface area contributed by atoms with Gasteiger partial charge in [0.25, 0.3) is 5.91 Å². The minimum Gasteiger partial charge on any atom is -0.494 e. The van der Waals surface area contributed by atoms with Crippen LogP contribution in [0.4, 0.5) is 5.95 Å². The van der Waals surface area contributed by atoms with Gasteiger partial charge in [-0.2, -0.15) is 4.72 Å². The molecule has 69 heavy (non-hydrogen) atoms. The second-order valence-corrected chi connectivity index (χ2v) is 20.5. The first kappa shape index (κ1) is 55.7. The number of ether oxygens (including phenoxy) is 2. The van der Waals surface area contributed by atoms with Gasteiger partial charge < -0.3 is 78.2 Å². The Balaban J connectivity index is 1.28. The van der Waals surface area contributed by atoms with Crippen molar-refractivity contribution in [1.29, 1.82) is 0 Å². The molecule has 0 unspecified atom stereocenters. The minimum atomic E-state index is -4.45. The third kappa shape index (κ3) is 16.7. The summed E-state index contributed by atoms with van der Waals surface area (Å²) in [4.78, 5) is 81.0. The van der Waals surface area contributed by atoms with Gasteiger partial charge in [0, 0.05) is 70.7 Å². The number of fused-ring (bicyclic) bond motifs is 1. The van der Waals surface area contributed by atoms with Gasteiger partial charge in [-0.25, -0.2) is 13.4 Å². The minimum absolute atomic E-state index is 0.0193. The molecule has 29 heteroatoms. The molecule has 0 aliphatic heterocycles. The van der Waals surface area contributed by atoms with Crippen molar-refractivity contribution in [2.75, 3.05) is 50.2 Å². The summed E-state index contributed by atoms with van der Waals surface area (Å²) in [5, 5.41) is 12.8. The number of amides is 4. The van der Waals surface area contributed by atoms with Crippen LogP contribution in [0.1, 0.15) is 39.9 Å². The van der Waals surface area contributed by atoms with Crippen molar-refractivity contribution >= 4 is 78.2 Å². The number of aryl methyl sites for hydroxylation is 4. The highest BCUT2D eigenvalue weighted by Gasteiger charge is 2.32. The van der Waals surface area contributed by atoms with Crippen LogP contribution in [-0.4, -0.2) is 142 Å². The number of aromatic nitrogens is 3. The van der Waals surface area contributed by atoms with Crippen molar-refractivity contribution in [3.05, 3.63) is 81.4 Å². The third-order valence-corrected chi connectivity index (χ3v) is 13.4. The van der Waals surface area contributed by atoms with Gasteiger partial charge in [0.05, 0.1) is 63.4 Å². The molecule has 2 aromatic carbocycles. The first-order valence-electron chi connectivity index (χ1n) is 20.7. The molecule has 3 atom stereocenters. The number of pyridine rings is 1. The van der Waals surface area contributed by atoms with Crippen LogP contribution >= 0.6 is 21.7 Å². The van der Waals surface area contributed by atoms with E-state index in [0.29, 0.717) is 18.0 Å². The van der Waals surface area contributed by atoms with E-state index in [1.807, 2.05) is 16.9 Å². The summed E-state index contributed by atoms with van der Waals surface area (Å²) < 4.78 is 99.4.